The molecule has 1 aromatic carbocycles. The van der Waals surface area contributed by atoms with E-state index in [0.717, 1.165) is 12.0 Å². The molecule has 9 heteroatoms. The molecule has 1 aliphatic rings. The standard InChI is InChI=1S/C26H27N5O3S/c1-5-18-8-6-9-19(12-18)20-13-21(24(28-15-20)31-16-17(2)14-26(31,3)4)25(32)30-35(33,34)23-11-7-10-22(27)29-23/h1,6-13,15,17H,14,16H2,2-4H3,(H2,27,29)(H,30,32). The Morgan fingerprint density at radius 2 is 1.94 bits per heavy atom. The molecule has 1 aliphatic heterocycles. The summed E-state index contributed by atoms with van der Waals surface area (Å²) < 4.78 is 28.0. The summed E-state index contributed by atoms with van der Waals surface area (Å²) in [5.74, 6) is 2.63. The molecule has 1 atom stereocenters. The number of aromatic nitrogens is 2. The van der Waals surface area contributed by atoms with Crippen LogP contribution in [0.1, 0.15) is 43.1 Å². The Kier molecular flexibility index (Phi) is 6.26. The number of rotatable bonds is 5. The fraction of sp³-hybridized carbons (Fsp3) is 0.269. The number of anilines is 2. The third-order valence-corrected chi connectivity index (χ3v) is 7.28. The van der Waals surface area contributed by atoms with Crippen molar-refractivity contribution in [1.82, 2.24) is 14.7 Å². The molecule has 1 saturated heterocycles. The summed E-state index contributed by atoms with van der Waals surface area (Å²) in [5.41, 5.74) is 7.60. The largest absolute Gasteiger partial charge is 0.384 e. The average Bonchev–Trinajstić information content (AvgIpc) is 3.10. The first kappa shape index (κ1) is 24.2. The second kappa shape index (κ2) is 9.04. The molecular weight excluding hydrogens is 462 g/mol. The Hall–Kier alpha value is -3.90. The van der Waals surface area contributed by atoms with Gasteiger partial charge in [-0.25, -0.2) is 14.7 Å². The van der Waals surface area contributed by atoms with Crippen LogP contribution in [0.25, 0.3) is 11.1 Å². The minimum absolute atomic E-state index is 0.0332. The average molecular weight is 490 g/mol. The fourth-order valence-electron chi connectivity index (χ4n) is 4.56. The van der Waals surface area contributed by atoms with Gasteiger partial charge < -0.3 is 10.6 Å². The molecule has 1 fully saturated rings. The van der Waals surface area contributed by atoms with Gasteiger partial charge in [-0.2, -0.15) is 8.42 Å². The molecule has 3 aromatic rings. The molecule has 4 rings (SSSR count). The smallest absolute Gasteiger partial charge is 0.281 e. The molecule has 1 amide bonds. The van der Waals surface area contributed by atoms with E-state index in [-0.39, 0.29) is 21.9 Å². The Morgan fingerprint density at radius 1 is 1.20 bits per heavy atom. The van der Waals surface area contributed by atoms with Gasteiger partial charge in [0.1, 0.15) is 11.6 Å². The quantitative estimate of drug-likeness (QED) is 0.527. The van der Waals surface area contributed by atoms with Crippen molar-refractivity contribution in [2.75, 3.05) is 17.2 Å². The monoisotopic (exact) mass is 489 g/mol. The molecule has 2 aromatic heterocycles. The van der Waals surface area contributed by atoms with Gasteiger partial charge in [-0.15, -0.1) is 6.42 Å². The zero-order chi connectivity index (χ0) is 25.4. The van der Waals surface area contributed by atoms with E-state index in [2.05, 4.69) is 46.3 Å². The summed E-state index contributed by atoms with van der Waals surface area (Å²) in [5, 5.41) is -0.339. The lowest BCUT2D eigenvalue weighted by Crippen LogP contribution is -2.41. The molecule has 3 N–H and O–H groups in total. The predicted octanol–water partition coefficient (Wildman–Crippen LogP) is 3.45. The molecule has 1 unspecified atom stereocenters. The molecular formula is C26H27N5O3S. The normalized spacial score (nSPS) is 17.1. The maximum absolute atomic E-state index is 13.4. The van der Waals surface area contributed by atoms with Gasteiger partial charge in [-0.05, 0) is 62.1 Å². The molecule has 3 heterocycles. The van der Waals surface area contributed by atoms with Gasteiger partial charge in [0, 0.05) is 29.4 Å². The first-order chi connectivity index (χ1) is 16.5. The second-order valence-corrected chi connectivity index (χ2v) is 11.0. The first-order valence-electron chi connectivity index (χ1n) is 11.1. The third-order valence-electron chi connectivity index (χ3n) is 6.05. The van der Waals surface area contributed by atoms with Crippen LogP contribution in [0.3, 0.4) is 0 Å². The summed E-state index contributed by atoms with van der Waals surface area (Å²) in [4.78, 5) is 24.0. The van der Waals surface area contributed by atoms with Crippen molar-refractivity contribution >= 4 is 27.6 Å². The number of nitrogen functional groups attached to an aromatic ring is 1. The van der Waals surface area contributed by atoms with E-state index in [1.165, 1.54) is 18.2 Å². The van der Waals surface area contributed by atoms with E-state index in [0.29, 0.717) is 29.4 Å². The van der Waals surface area contributed by atoms with E-state index in [1.54, 1.807) is 18.3 Å². The van der Waals surface area contributed by atoms with Gasteiger partial charge in [0.2, 0.25) is 0 Å². The van der Waals surface area contributed by atoms with E-state index in [9.17, 15) is 13.2 Å². The van der Waals surface area contributed by atoms with Crippen molar-refractivity contribution in [3.63, 3.8) is 0 Å². The number of pyridine rings is 2. The van der Waals surface area contributed by atoms with Crippen molar-refractivity contribution in [3.05, 3.63) is 65.9 Å². The number of nitrogens with one attached hydrogen (secondary N) is 1. The maximum Gasteiger partial charge on any atom is 0.281 e. The highest BCUT2D eigenvalue weighted by molar-refractivity contribution is 7.90. The first-order valence-corrected chi connectivity index (χ1v) is 12.6. The van der Waals surface area contributed by atoms with Crippen LogP contribution in [-0.4, -0.2) is 36.4 Å². The summed E-state index contributed by atoms with van der Waals surface area (Å²) in [6, 6.07) is 13.1. The molecule has 35 heavy (non-hydrogen) atoms. The Bertz CT molecular complexity index is 1440. The molecule has 0 radical (unpaired) electrons. The second-order valence-electron chi connectivity index (χ2n) is 9.39. The van der Waals surface area contributed by atoms with Crippen LogP contribution >= 0.6 is 0 Å². The van der Waals surface area contributed by atoms with Crippen molar-refractivity contribution < 1.29 is 13.2 Å². The number of carbonyl (C=O) groups excluding carboxylic acids is 1. The van der Waals surface area contributed by atoms with E-state index in [1.807, 2.05) is 18.2 Å². The van der Waals surface area contributed by atoms with E-state index >= 15 is 0 Å². The Balaban J connectivity index is 1.80. The highest BCUT2D eigenvalue weighted by atomic mass is 32.2. The molecule has 0 spiro atoms. The number of amides is 1. The van der Waals surface area contributed by atoms with Crippen LogP contribution in [0, 0.1) is 18.3 Å². The molecule has 0 aliphatic carbocycles. The van der Waals surface area contributed by atoms with Crippen LogP contribution in [0.15, 0.2) is 59.8 Å². The lowest BCUT2D eigenvalue weighted by molar-refractivity contribution is 0.0981. The van der Waals surface area contributed by atoms with Crippen LogP contribution in [0.4, 0.5) is 11.6 Å². The Labute approximate surface area is 205 Å². The summed E-state index contributed by atoms with van der Waals surface area (Å²) in [7, 11) is -4.26. The van der Waals surface area contributed by atoms with Crippen LogP contribution in [0.5, 0.6) is 0 Å². The molecule has 180 valence electrons. The van der Waals surface area contributed by atoms with Gasteiger partial charge in [0.05, 0.1) is 5.56 Å². The van der Waals surface area contributed by atoms with Gasteiger partial charge >= 0.3 is 0 Å². The lowest BCUT2D eigenvalue weighted by atomic mass is 9.97. The number of nitrogens with two attached hydrogens (primary N) is 1. The van der Waals surface area contributed by atoms with Gasteiger partial charge in [0.25, 0.3) is 15.9 Å². The topological polar surface area (TPSA) is 118 Å². The van der Waals surface area contributed by atoms with Gasteiger partial charge in [-0.3, -0.25) is 4.79 Å². The van der Waals surface area contributed by atoms with Crippen molar-refractivity contribution in [3.8, 4) is 23.5 Å². The molecule has 0 bridgehead atoms. The number of carbonyl (C=O) groups is 1. The van der Waals surface area contributed by atoms with Crippen molar-refractivity contribution in [2.24, 2.45) is 5.92 Å². The minimum Gasteiger partial charge on any atom is -0.384 e. The number of terminal acetylenes is 1. The van der Waals surface area contributed by atoms with Crippen molar-refractivity contribution in [1.29, 1.82) is 0 Å². The number of hydrogen-bond acceptors (Lipinski definition) is 7. The number of benzene rings is 1. The summed E-state index contributed by atoms with van der Waals surface area (Å²) in [6.07, 6.45) is 8.13. The summed E-state index contributed by atoms with van der Waals surface area (Å²) >= 11 is 0. The van der Waals surface area contributed by atoms with Gasteiger partial charge in [0.15, 0.2) is 5.03 Å². The number of nitrogens with zero attached hydrogens (tertiary/aromatic N) is 3. The zero-order valence-corrected chi connectivity index (χ0v) is 20.6. The van der Waals surface area contributed by atoms with E-state index in [4.69, 9.17) is 12.2 Å². The summed E-state index contributed by atoms with van der Waals surface area (Å²) in [6.45, 7) is 6.99. The molecule has 8 nitrogen and oxygen atoms in total. The maximum atomic E-state index is 13.4. The van der Waals surface area contributed by atoms with E-state index < -0.39 is 15.9 Å². The minimum atomic E-state index is -4.26. The third kappa shape index (κ3) is 4.98. The lowest BCUT2D eigenvalue weighted by Gasteiger charge is -2.33. The number of sulfonamides is 1. The van der Waals surface area contributed by atoms with Crippen LogP contribution in [-0.2, 0) is 10.0 Å². The van der Waals surface area contributed by atoms with Gasteiger partial charge in [-0.1, -0.05) is 31.0 Å². The van der Waals surface area contributed by atoms with Crippen LogP contribution in [0.2, 0.25) is 0 Å². The highest BCUT2D eigenvalue weighted by Gasteiger charge is 2.39. The fourth-order valence-corrected chi connectivity index (χ4v) is 5.50. The molecule has 0 saturated carbocycles. The zero-order valence-electron chi connectivity index (χ0n) is 19.8. The highest BCUT2D eigenvalue weighted by Crippen LogP contribution is 2.38. The predicted molar refractivity (Wildman–Crippen MR) is 136 cm³/mol. The SMILES string of the molecule is C#Cc1cccc(-c2cnc(N3CC(C)CC3(C)C)c(C(=O)NS(=O)(=O)c3cccc(N)n3)c2)c1. The van der Waals surface area contributed by atoms with Crippen LogP contribution < -0.4 is 15.4 Å². The van der Waals surface area contributed by atoms with Crippen molar-refractivity contribution in [2.45, 2.75) is 37.8 Å². The number of hydrogen-bond donors (Lipinski definition) is 2. The Morgan fingerprint density at radius 3 is 2.60 bits per heavy atom.